The molecule has 3 amide bonds. The van der Waals surface area contributed by atoms with Gasteiger partial charge in [-0.1, -0.05) is 40.2 Å². The second-order valence-electron chi connectivity index (χ2n) is 6.01. The number of fused-ring (bicyclic) bond motifs is 1. The molecular weight excluding hydrogens is 408 g/mol. The number of halogens is 1. The Morgan fingerprint density at radius 1 is 0.815 bits per heavy atom. The van der Waals surface area contributed by atoms with Crippen molar-refractivity contribution in [3.63, 3.8) is 0 Å². The van der Waals surface area contributed by atoms with E-state index >= 15 is 0 Å². The average molecular weight is 421 g/mol. The highest BCUT2D eigenvalue weighted by Crippen LogP contribution is 2.30. The van der Waals surface area contributed by atoms with Gasteiger partial charge in [0.1, 0.15) is 0 Å². The van der Waals surface area contributed by atoms with Crippen molar-refractivity contribution in [3.05, 3.63) is 94.0 Å². The van der Waals surface area contributed by atoms with Crippen LogP contribution in [-0.4, -0.2) is 17.7 Å². The summed E-state index contributed by atoms with van der Waals surface area (Å²) in [6.07, 6.45) is 0. The van der Waals surface area contributed by atoms with E-state index in [1.54, 1.807) is 48.5 Å². The number of carbonyl (C=O) groups excluding carboxylic acids is 3. The minimum atomic E-state index is -0.406. The lowest BCUT2D eigenvalue weighted by molar-refractivity contribution is 0.0924. The van der Waals surface area contributed by atoms with E-state index in [1.165, 1.54) is 6.07 Å². The number of anilines is 2. The molecule has 0 aromatic heterocycles. The summed E-state index contributed by atoms with van der Waals surface area (Å²) in [5.74, 6) is -1.12. The maximum absolute atomic E-state index is 12.7. The molecule has 4 rings (SSSR count). The SMILES string of the molecule is O=C(Nc1ccccc1)c1cccc(N2C(=O)c3ccc(Br)cc3C2=O)c1. The van der Waals surface area contributed by atoms with Crippen LogP contribution in [0.5, 0.6) is 0 Å². The number of amides is 3. The monoisotopic (exact) mass is 420 g/mol. The fourth-order valence-electron chi connectivity index (χ4n) is 2.96. The highest BCUT2D eigenvalue weighted by atomic mass is 79.9. The van der Waals surface area contributed by atoms with E-state index < -0.39 is 11.8 Å². The molecule has 0 saturated heterocycles. The van der Waals surface area contributed by atoms with Gasteiger partial charge in [0.15, 0.2) is 0 Å². The second kappa shape index (κ2) is 6.81. The molecule has 27 heavy (non-hydrogen) atoms. The zero-order chi connectivity index (χ0) is 19.0. The van der Waals surface area contributed by atoms with Crippen LogP contribution in [0, 0.1) is 0 Å². The van der Waals surface area contributed by atoms with Gasteiger partial charge >= 0.3 is 0 Å². The molecule has 6 heteroatoms. The normalized spacial score (nSPS) is 12.9. The van der Waals surface area contributed by atoms with Crippen molar-refractivity contribution in [1.29, 1.82) is 0 Å². The first-order valence-corrected chi connectivity index (χ1v) is 8.99. The van der Waals surface area contributed by atoms with Crippen LogP contribution in [0.25, 0.3) is 0 Å². The van der Waals surface area contributed by atoms with Crippen molar-refractivity contribution in [1.82, 2.24) is 0 Å². The molecule has 0 unspecified atom stereocenters. The standard InChI is InChI=1S/C21H13BrN2O3/c22-14-9-10-17-18(12-14)21(27)24(20(17)26)16-8-4-5-13(11-16)19(25)23-15-6-2-1-3-7-15/h1-12H,(H,23,25). The highest BCUT2D eigenvalue weighted by molar-refractivity contribution is 9.10. The van der Waals surface area contributed by atoms with Crippen molar-refractivity contribution in [2.24, 2.45) is 0 Å². The summed E-state index contributed by atoms with van der Waals surface area (Å²) >= 11 is 3.32. The molecule has 1 heterocycles. The third kappa shape index (κ3) is 3.15. The molecule has 0 spiro atoms. The van der Waals surface area contributed by atoms with E-state index in [4.69, 9.17) is 0 Å². The van der Waals surface area contributed by atoms with E-state index in [2.05, 4.69) is 21.2 Å². The third-order valence-corrected chi connectivity index (χ3v) is 4.74. The van der Waals surface area contributed by atoms with Crippen molar-refractivity contribution in [3.8, 4) is 0 Å². The zero-order valence-electron chi connectivity index (χ0n) is 14.0. The summed E-state index contributed by atoms with van der Waals surface area (Å²) in [7, 11) is 0. The topological polar surface area (TPSA) is 66.5 Å². The van der Waals surface area contributed by atoms with Crippen LogP contribution in [0.1, 0.15) is 31.1 Å². The first-order valence-electron chi connectivity index (χ1n) is 8.19. The minimum absolute atomic E-state index is 0.317. The second-order valence-corrected chi connectivity index (χ2v) is 6.92. The van der Waals surface area contributed by atoms with Gasteiger partial charge in [-0.2, -0.15) is 0 Å². The van der Waals surface area contributed by atoms with Crippen LogP contribution in [0.4, 0.5) is 11.4 Å². The van der Waals surface area contributed by atoms with Gasteiger partial charge in [0.25, 0.3) is 17.7 Å². The summed E-state index contributed by atoms with van der Waals surface area (Å²) in [5, 5.41) is 2.79. The summed E-state index contributed by atoms with van der Waals surface area (Å²) in [5.41, 5.74) is 2.07. The molecule has 1 N–H and O–H groups in total. The molecule has 132 valence electrons. The molecule has 0 saturated carbocycles. The van der Waals surface area contributed by atoms with E-state index in [9.17, 15) is 14.4 Å². The molecule has 0 radical (unpaired) electrons. The van der Waals surface area contributed by atoms with E-state index in [0.29, 0.717) is 28.1 Å². The van der Waals surface area contributed by atoms with Crippen molar-refractivity contribution in [2.45, 2.75) is 0 Å². The Kier molecular flexibility index (Phi) is 4.33. The maximum Gasteiger partial charge on any atom is 0.266 e. The lowest BCUT2D eigenvalue weighted by Crippen LogP contribution is -2.29. The Morgan fingerprint density at radius 3 is 2.33 bits per heavy atom. The molecule has 0 atom stereocenters. The van der Waals surface area contributed by atoms with Gasteiger partial charge < -0.3 is 5.32 Å². The number of nitrogens with zero attached hydrogens (tertiary/aromatic N) is 1. The van der Waals surface area contributed by atoms with Crippen molar-refractivity contribution >= 4 is 45.0 Å². The van der Waals surface area contributed by atoms with Crippen LogP contribution in [-0.2, 0) is 0 Å². The predicted octanol–water partition coefficient (Wildman–Crippen LogP) is 4.50. The fourth-order valence-corrected chi connectivity index (χ4v) is 3.32. The van der Waals surface area contributed by atoms with Gasteiger partial charge in [0.2, 0.25) is 0 Å². The lowest BCUT2D eigenvalue weighted by atomic mass is 10.1. The van der Waals surface area contributed by atoms with Gasteiger partial charge in [-0.3, -0.25) is 14.4 Å². The molecule has 3 aromatic carbocycles. The van der Waals surface area contributed by atoms with Crippen molar-refractivity contribution < 1.29 is 14.4 Å². The predicted molar refractivity (Wildman–Crippen MR) is 106 cm³/mol. The number of hydrogen-bond acceptors (Lipinski definition) is 3. The van der Waals surface area contributed by atoms with Crippen LogP contribution >= 0.6 is 15.9 Å². The molecule has 0 aliphatic carbocycles. The highest BCUT2D eigenvalue weighted by Gasteiger charge is 2.36. The van der Waals surface area contributed by atoms with Crippen LogP contribution in [0.15, 0.2) is 77.3 Å². The van der Waals surface area contributed by atoms with E-state index in [0.717, 1.165) is 9.37 Å². The Balaban J connectivity index is 1.64. The Bertz CT molecular complexity index is 1080. The lowest BCUT2D eigenvalue weighted by Gasteiger charge is -2.15. The van der Waals surface area contributed by atoms with Crippen LogP contribution < -0.4 is 10.2 Å². The third-order valence-electron chi connectivity index (χ3n) is 4.25. The largest absolute Gasteiger partial charge is 0.322 e. The molecule has 0 bridgehead atoms. The molecule has 3 aromatic rings. The van der Waals surface area contributed by atoms with Gasteiger partial charge in [-0.25, -0.2) is 4.90 Å². The molecular formula is C21H13BrN2O3. The molecule has 0 fully saturated rings. The smallest absolute Gasteiger partial charge is 0.266 e. The fraction of sp³-hybridized carbons (Fsp3) is 0. The van der Waals surface area contributed by atoms with Crippen molar-refractivity contribution in [2.75, 3.05) is 10.2 Å². The average Bonchev–Trinajstić information content (AvgIpc) is 2.92. The summed E-state index contributed by atoms with van der Waals surface area (Å²) < 4.78 is 0.722. The quantitative estimate of drug-likeness (QED) is 0.634. The number of para-hydroxylation sites is 1. The summed E-state index contributed by atoms with van der Waals surface area (Å²) in [4.78, 5) is 39.0. The number of rotatable bonds is 3. The zero-order valence-corrected chi connectivity index (χ0v) is 15.6. The minimum Gasteiger partial charge on any atom is -0.322 e. The van der Waals surface area contributed by atoms with Crippen LogP contribution in [0.2, 0.25) is 0 Å². The number of benzene rings is 3. The molecule has 1 aliphatic heterocycles. The molecule has 1 aliphatic rings. The Labute approximate surface area is 163 Å². The maximum atomic E-state index is 12.7. The first kappa shape index (κ1) is 17.2. The van der Waals surface area contributed by atoms with Gasteiger partial charge in [-0.05, 0) is 48.5 Å². The van der Waals surface area contributed by atoms with Gasteiger partial charge in [0, 0.05) is 15.7 Å². The number of imide groups is 1. The van der Waals surface area contributed by atoms with E-state index in [-0.39, 0.29) is 5.91 Å². The molecule has 5 nitrogen and oxygen atoms in total. The van der Waals surface area contributed by atoms with Gasteiger partial charge in [-0.15, -0.1) is 0 Å². The Morgan fingerprint density at radius 2 is 1.56 bits per heavy atom. The van der Waals surface area contributed by atoms with Crippen LogP contribution in [0.3, 0.4) is 0 Å². The Hall–Kier alpha value is -3.25. The summed E-state index contributed by atoms with van der Waals surface area (Å²) in [6, 6.07) is 20.5. The first-order chi connectivity index (χ1) is 13.0. The number of nitrogens with one attached hydrogen (secondary N) is 1. The summed E-state index contributed by atoms with van der Waals surface area (Å²) in [6.45, 7) is 0. The van der Waals surface area contributed by atoms with E-state index in [1.807, 2.05) is 18.2 Å². The number of carbonyl (C=O) groups is 3. The van der Waals surface area contributed by atoms with Gasteiger partial charge in [0.05, 0.1) is 16.8 Å². The number of hydrogen-bond donors (Lipinski definition) is 1.